The predicted molar refractivity (Wildman–Crippen MR) is 81.9 cm³/mol. The molecule has 0 aromatic carbocycles. The van der Waals surface area contributed by atoms with Crippen molar-refractivity contribution >= 4 is 12.0 Å². The lowest BCUT2D eigenvalue weighted by atomic mass is 9.96. The maximum atomic E-state index is 12.5. The molecule has 2 rings (SSSR count). The Hall–Kier alpha value is -1.79. The summed E-state index contributed by atoms with van der Waals surface area (Å²) in [6, 6.07) is 0.372. The summed E-state index contributed by atoms with van der Waals surface area (Å²) in [6.45, 7) is 8.37. The van der Waals surface area contributed by atoms with Crippen molar-refractivity contribution < 1.29 is 4.79 Å². The lowest BCUT2D eigenvalue weighted by Gasteiger charge is -2.36. The van der Waals surface area contributed by atoms with Gasteiger partial charge in [-0.3, -0.25) is 0 Å². The molecule has 1 aromatic rings. The predicted octanol–water partition coefficient (Wildman–Crippen LogP) is 1.43. The molecule has 1 saturated heterocycles. The fraction of sp³-hybridized carbons (Fsp3) is 0.786. The highest BCUT2D eigenvalue weighted by Gasteiger charge is 2.29. The number of urea groups is 1. The van der Waals surface area contributed by atoms with E-state index in [-0.39, 0.29) is 12.1 Å². The number of aryl methyl sites for hydroxylation is 1. The van der Waals surface area contributed by atoms with Crippen LogP contribution in [0.25, 0.3) is 0 Å². The highest BCUT2D eigenvalue weighted by atomic mass is 16.2. The third-order valence-electron chi connectivity index (χ3n) is 4.15. The van der Waals surface area contributed by atoms with Crippen LogP contribution in [0.5, 0.6) is 0 Å². The third-order valence-corrected chi connectivity index (χ3v) is 4.15. The zero-order valence-corrected chi connectivity index (χ0v) is 13.4. The van der Waals surface area contributed by atoms with Gasteiger partial charge in [0.05, 0.1) is 0 Å². The standard InChI is InChI=1S/C14H26N6O/c1-5-20(10(2)3)14(21)19-8-6-11(7-9-19)12-16-13(15)18(4)17-12/h10-11H,5-9H2,1-4H3,(H2,15,16,17). The van der Waals surface area contributed by atoms with Gasteiger partial charge < -0.3 is 15.5 Å². The molecule has 2 amide bonds. The number of nitrogens with two attached hydrogens (primary N) is 1. The molecule has 1 aliphatic rings. The number of anilines is 1. The van der Waals surface area contributed by atoms with E-state index in [1.54, 1.807) is 11.7 Å². The van der Waals surface area contributed by atoms with Gasteiger partial charge in [0.2, 0.25) is 5.95 Å². The van der Waals surface area contributed by atoms with E-state index in [0.29, 0.717) is 11.9 Å². The fourth-order valence-electron chi connectivity index (χ4n) is 2.82. The minimum absolute atomic E-state index is 0.138. The second-order valence-corrected chi connectivity index (χ2v) is 5.88. The van der Waals surface area contributed by atoms with Gasteiger partial charge in [-0.25, -0.2) is 9.48 Å². The maximum Gasteiger partial charge on any atom is 0.320 e. The number of aromatic nitrogens is 3. The smallest absolute Gasteiger partial charge is 0.320 e. The SMILES string of the molecule is CCN(C(=O)N1CCC(c2nc(N)n(C)n2)CC1)C(C)C. The molecule has 2 heterocycles. The largest absolute Gasteiger partial charge is 0.368 e. The van der Waals surface area contributed by atoms with Gasteiger partial charge in [-0.05, 0) is 33.6 Å². The van der Waals surface area contributed by atoms with E-state index in [4.69, 9.17) is 5.73 Å². The molecule has 118 valence electrons. The number of hydrogen-bond acceptors (Lipinski definition) is 4. The van der Waals surface area contributed by atoms with Crippen LogP contribution in [0.15, 0.2) is 0 Å². The third kappa shape index (κ3) is 3.28. The molecule has 0 saturated carbocycles. The Morgan fingerprint density at radius 3 is 2.48 bits per heavy atom. The molecule has 0 atom stereocenters. The molecule has 0 aliphatic carbocycles. The molecule has 7 nitrogen and oxygen atoms in total. The number of nitrogen functional groups attached to an aromatic ring is 1. The van der Waals surface area contributed by atoms with Crippen LogP contribution in [-0.4, -0.2) is 56.3 Å². The highest BCUT2D eigenvalue weighted by Crippen LogP contribution is 2.26. The second kappa shape index (κ2) is 6.32. The van der Waals surface area contributed by atoms with Crippen molar-refractivity contribution in [3.63, 3.8) is 0 Å². The first-order valence-corrected chi connectivity index (χ1v) is 7.66. The summed E-state index contributed by atoms with van der Waals surface area (Å²) in [4.78, 5) is 20.6. The molecule has 0 unspecified atom stereocenters. The monoisotopic (exact) mass is 294 g/mol. The molecule has 0 spiro atoms. The molecular weight excluding hydrogens is 268 g/mol. The molecular formula is C14H26N6O. The van der Waals surface area contributed by atoms with Gasteiger partial charge in [0.1, 0.15) is 0 Å². The summed E-state index contributed by atoms with van der Waals surface area (Å²) < 4.78 is 1.60. The van der Waals surface area contributed by atoms with Crippen LogP contribution in [0.2, 0.25) is 0 Å². The van der Waals surface area contributed by atoms with Gasteiger partial charge >= 0.3 is 6.03 Å². The minimum Gasteiger partial charge on any atom is -0.368 e. The van der Waals surface area contributed by atoms with Crippen LogP contribution in [-0.2, 0) is 7.05 Å². The van der Waals surface area contributed by atoms with Crippen molar-refractivity contribution in [1.82, 2.24) is 24.6 Å². The summed E-state index contributed by atoms with van der Waals surface area (Å²) in [5.74, 6) is 1.55. The summed E-state index contributed by atoms with van der Waals surface area (Å²) in [5.41, 5.74) is 5.73. The quantitative estimate of drug-likeness (QED) is 0.914. The number of amides is 2. The molecule has 21 heavy (non-hydrogen) atoms. The van der Waals surface area contributed by atoms with Crippen LogP contribution in [0, 0.1) is 0 Å². The number of rotatable bonds is 3. The molecule has 1 aromatic heterocycles. The fourth-order valence-corrected chi connectivity index (χ4v) is 2.82. The molecule has 7 heteroatoms. The molecule has 2 N–H and O–H groups in total. The summed E-state index contributed by atoms with van der Waals surface area (Å²) >= 11 is 0. The number of piperidine rings is 1. The number of nitrogens with zero attached hydrogens (tertiary/aromatic N) is 5. The van der Waals surface area contributed by atoms with Crippen molar-refractivity contribution in [3.8, 4) is 0 Å². The lowest BCUT2D eigenvalue weighted by molar-refractivity contribution is 0.130. The van der Waals surface area contributed by atoms with E-state index in [0.717, 1.165) is 38.3 Å². The van der Waals surface area contributed by atoms with Crippen molar-refractivity contribution in [2.75, 3.05) is 25.4 Å². The first-order valence-electron chi connectivity index (χ1n) is 7.66. The molecule has 1 fully saturated rings. The Balaban J connectivity index is 1.95. The summed E-state index contributed by atoms with van der Waals surface area (Å²) in [6.07, 6.45) is 1.79. The van der Waals surface area contributed by atoms with Gasteiger partial charge in [-0.1, -0.05) is 0 Å². The van der Waals surface area contributed by atoms with Crippen LogP contribution in [0.4, 0.5) is 10.7 Å². The first-order chi connectivity index (χ1) is 9.93. The van der Waals surface area contributed by atoms with E-state index in [2.05, 4.69) is 23.9 Å². The van der Waals surface area contributed by atoms with Crippen molar-refractivity contribution in [2.24, 2.45) is 7.05 Å². The van der Waals surface area contributed by atoms with Crippen molar-refractivity contribution in [2.45, 2.75) is 45.6 Å². The zero-order chi connectivity index (χ0) is 15.6. The average Bonchev–Trinajstić information content (AvgIpc) is 2.79. The van der Waals surface area contributed by atoms with Crippen LogP contribution in [0.1, 0.15) is 45.4 Å². The van der Waals surface area contributed by atoms with E-state index < -0.39 is 0 Å². The average molecular weight is 294 g/mol. The van der Waals surface area contributed by atoms with Gasteiger partial charge in [0.15, 0.2) is 5.82 Å². The Morgan fingerprint density at radius 1 is 1.43 bits per heavy atom. The summed E-state index contributed by atoms with van der Waals surface area (Å²) in [7, 11) is 1.80. The molecule has 1 aliphatic heterocycles. The zero-order valence-electron chi connectivity index (χ0n) is 13.4. The summed E-state index contributed by atoms with van der Waals surface area (Å²) in [5, 5.41) is 4.35. The second-order valence-electron chi connectivity index (χ2n) is 5.88. The van der Waals surface area contributed by atoms with Crippen LogP contribution < -0.4 is 5.73 Å². The Labute approximate surface area is 126 Å². The van der Waals surface area contributed by atoms with Crippen LogP contribution >= 0.6 is 0 Å². The number of carbonyl (C=O) groups is 1. The highest BCUT2D eigenvalue weighted by molar-refractivity contribution is 5.74. The molecule has 0 bridgehead atoms. The van der Waals surface area contributed by atoms with E-state index in [1.807, 2.05) is 16.7 Å². The van der Waals surface area contributed by atoms with E-state index in [1.165, 1.54) is 0 Å². The lowest BCUT2D eigenvalue weighted by Crippen LogP contribution is -2.48. The number of likely N-dealkylation sites (tertiary alicyclic amines) is 1. The van der Waals surface area contributed by atoms with E-state index >= 15 is 0 Å². The van der Waals surface area contributed by atoms with Gasteiger partial charge in [-0.2, -0.15) is 10.1 Å². The maximum absolute atomic E-state index is 12.5. The van der Waals surface area contributed by atoms with Crippen molar-refractivity contribution in [3.05, 3.63) is 5.82 Å². The topological polar surface area (TPSA) is 80.3 Å². The Morgan fingerprint density at radius 2 is 2.05 bits per heavy atom. The number of hydrogen-bond donors (Lipinski definition) is 1. The minimum atomic E-state index is 0.138. The van der Waals surface area contributed by atoms with E-state index in [9.17, 15) is 4.79 Å². The first kappa shape index (κ1) is 15.6. The number of carbonyl (C=O) groups excluding carboxylic acids is 1. The Bertz CT molecular complexity index is 470. The Kier molecular flexibility index (Phi) is 4.69. The van der Waals surface area contributed by atoms with Crippen molar-refractivity contribution in [1.29, 1.82) is 0 Å². The normalized spacial score (nSPS) is 16.5. The van der Waals surface area contributed by atoms with Crippen LogP contribution in [0.3, 0.4) is 0 Å². The van der Waals surface area contributed by atoms with Gasteiger partial charge in [-0.15, -0.1) is 0 Å². The van der Waals surface area contributed by atoms with Gasteiger partial charge in [0, 0.05) is 38.6 Å². The molecule has 0 radical (unpaired) electrons. The van der Waals surface area contributed by atoms with Gasteiger partial charge in [0.25, 0.3) is 0 Å².